The van der Waals surface area contributed by atoms with Crippen LogP contribution in [0.1, 0.15) is 0 Å². The van der Waals surface area contributed by atoms with E-state index in [0.717, 1.165) is 26.2 Å². The van der Waals surface area contributed by atoms with Gasteiger partial charge in [-0.3, -0.25) is 9.58 Å². The Morgan fingerprint density at radius 3 is 2.80 bits per heavy atom. The van der Waals surface area contributed by atoms with E-state index in [0.29, 0.717) is 13.1 Å². The molecule has 0 spiro atoms. The Kier molecular flexibility index (Phi) is 3.65. The molecule has 84 valence electrons. The second-order valence-electron chi connectivity index (χ2n) is 3.82. The predicted octanol–water partition coefficient (Wildman–Crippen LogP) is -1.46. The molecule has 6 heteroatoms. The van der Waals surface area contributed by atoms with Gasteiger partial charge in [-0.2, -0.15) is 5.10 Å². The van der Waals surface area contributed by atoms with Crippen molar-refractivity contribution in [1.29, 1.82) is 0 Å². The Morgan fingerprint density at radius 2 is 2.13 bits per heavy atom. The molecule has 2 N–H and O–H groups in total. The largest absolute Gasteiger partial charge is 0.390 e. The fourth-order valence-corrected chi connectivity index (χ4v) is 1.79. The SMILES string of the molecule is OC(CN1CCNCC1)Cn1cncn1. The number of hydrogen-bond donors (Lipinski definition) is 2. The van der Waals surface area contributed by atoms with Crippen LogP contribution in [0.3, 0.4) is 0 Å². The van der Waals surface area contributed by atoms with Crippen molar-refractivity contribution in [3.05, 3.63) is 12.7 Å². The molecule has 2 heterocycles. The van der Waals surface area contributed by atoms with Gasteiger partial charge in [0.2, 0.25) is 0 Å². The average Bonchev–Trinajstić information content (AvgIpc) is 2.71. The number of hydrogen-bond acceptors (Lipinski definition) is 5. The van der Waals surface area contributed by atoms with Gasteiger partial charge in [0.15, 0.2) is 0 Å². The normalized spacial score (nSPS) is 20.3. The van der Waals surface area contributed by atoms with Crippen molar-refractivity contribution in [3.63, 3.8) is 0 Å². The van der Waals surface area contributed by atoms with Crippen LogP contribution in [0.25, 0.3) is 0 Å². The molecular weight excluding hydrogens is 194 g/mol. The first-order chi connectivity index (χ1) is 7.34. The Bertz CT molecular complexity index is 270. The van der Waals surface area contributed by atoms with E-state index in [9.17, 15) is 5.11 Å². The van der Waals surface area contributed by atoms with E-state index in [1.165, 1.54) is 6.33 Å². The van der Waals surface area contributed by atoms with Gasteiger partial charge in [0.05, 0.1) is 12.6 Å². The number of nitrogens with zero attached hydrogens (tertiary/aromatic N) is 4. The molecule has 1 atom stereocenters. The van der Waals surface area contributed by atoms with Crippen molar-refractivity contribution in [2.75, 3.05) is 32.7 Å². The maximum absolute atomic E-state index is 9.82. The van der Waals surface area contributed by atoms with Crippen LogP contribution in [0.2, 0.25) is 0 Å². The van der Waals surface area contributed by atoms with Gasteiger partial charge >= 0.3 is 0 Å². The van der Waals surface area contributed by atoms with Crippen LogP contribution in [0.4, 0.5) is 0 Å². The lowest BCUT2D eigenvalue weighted by atomic mass is 10.3. The van der Waals surface area contributed by atoms with Gasteiger partial charge in [-0.15, -0.1) is 0 Å². The number of piperazine rings is 1. The van der Waals surface area contributed by atoms with Crippen LogP contribution in [-0.2, 0) is 6.54 Å². The molecule has 1 saturated heterocycles. The lowest BCUT2D eigenvalue weighted by molar-refractivity contribution is 0.0888. The monoisotopic (exact) mass is 211 g/mol. The zero-order valence-electron chi connectivity index (χ0n) is 8.71. The van der Waals surface area contributed by atoms with Gasteiger partial charge in [0.25, 0.3) is 0 Å². The van der Waals surface area contributed by atoms with E-state index < -0.39 is 0 Å². The first kappa shape index (κ1) is 10.5. The molecule has 15 heavy (non-hydrogen) atoms. The van der Waals surface area contributed by atoms with Gasteiger partial charge in [0.1, 0.15) is 12.7 Å². The standard InChI is InChI=1S/C9H17N5O/c15-9(6-14-8-11-7-12-14)5-13-3-1-10-2-4-13/h7-10,15H,1-6H2. The van der Waals surface area contributed by atoms with Crippen LogP contribution in [-0.4, -0.2) is 63.6 Å². The van der Waals surface area contributed by atoms with Crippen molar-refractivity contribution < 1.29 is 5.11 Å². The van der Waals surface area contributed by atoms with E-state index in [2.05, 4.69) is 20.3 Å². The molecule has 1 aliphatic rings. The highest BCUT2D eigenvalue weighted by molar-refractivity contribution is 4.71. The van der Waals surface area contributed by atoms with Gasteiger partial charge in [-0.05, 0) is 0 Å². The lowest BCUT2D eigenvalue weighted by Crippen LogP contribution is -2.46. The fourth-order valence-electron chi connectivity index (χ4n) is 1.79. The Morgan fingerprint density at radius 1 is 1.33 bits per heavy atom. The Labute approximate surface area is 88.9 Å². The molecule has 0 aliphatic carbocycles. The van der Waals surface area contributed by atoms with E-state index >= 15 is 0 Å². The smallest absolute Gasteiger partial charge is 0.137 e. The quantitative estimate of drug-likeness (QED) is 0.637. The van der Waals surface area contributed by atoms with Crippen molar-refractivity contribution in [2.24, 2.45) is 0 Å². The van der Waals surface area contributed by atoms with E-state index in [1.54, 1.807) is 11.0 Å². The molecule has 0 radical (unpaired) electrons. The topological polar surface area (TPSA) is 66.2 Å². The van der Waals surface area contributed by atoms with Crippen molar-refractivity contribution in [2.45, 2.75) is 12.6 Å². The predicted molar refractivity (Wildman–Crippen MR) is 55.3 cm³/mol. The Hall–Kier alpha value is -0.980. The summed E-state index contributed by atoms with van der Waals surface area (Å²) in [5, 5.41) is 17.1. The minimum Gasteiger partial charge on any atom is -0.390 e. The summed E-state index contributed by atoms with van der Waals surface area (Å²) in [6, 6.07) is 0. The maximum atomic E-state index is 9.82. The highest BCUT2D eigenvalue weighted by atomic mass is 16.3. The molecule has 6 nitrogen and oxygen atoms in total. The first-order valence-corrected chi connectivity index (χ1v) is 5.28. The van der Waals surface area contributed by atoms with Gasteiger partial charge in [-0.1, -0.05) is 0 Å². The highest BCUT2D eigenvalue weighted by Crippen LogP contribution is 1.97. The molecule has 1 unspecified atom stereocenters. The number of aromatic nitrogens is 3. The molecule has 0 saturated carbocycles. The molecule has 1 fully saturated rings. The lowest BCUT2D eigenvalue weighted by Gasteiger charge is -2.28. The zero-order chi connectivity index (χ0) is 10.5. The molecule has 2 rings (SSSR count). The molecule has 1 aromatic heterocycles. The number of aliphatic hydroxyl groups is 1. The highest BCUT2D eigenvalue weighted by Gasteiger charge is 2.14. The number of nitrogens with one attached hydrogen (secondary N) is 1. The summed E-state index contributed by atoms with van der Waals surface area (Å²) in [6.45, 7) is 5.26. The summed E-state index contributed by atoms with van der Waals surface area (Å²) in [5.41, 5.74) is 0. The molecular formula is C9H17N5O. The number of rotatable bonds is 4. The third kappa shape index (κ3) is 3.26. The molecule has 1 aromatic rings. The summed E-state index contributed by atoms with van der Waals surface area (Å²) in [4.78, 5) is 6.10. The second kappa shape index (κ2) is 5.20. The minimum absolute atomic E-state index is 0.371. The van der Waals surface area contributed by atoms with Crippen LogP contribution < -0.4 is 5.32 Å². The zero-order valence-corrected chi connectivity index (χ0v) is 8.71. The maximum Gasteiger partial charge on any atom is 0.137 e. The van der Waals surface area contributed by atoms with Gasteiger partial charge in [0, 0.05) is 32.7 Å². The summed E-state index contributed by atoms with van der Waals surface area (Å²) >= 11 is 0. The fraction of sp³-hybridized carbons (Fsp3) is 0.778. The third-order valence-electron chi connectivity index (χ3n) is 2.54. The molecule has 0 amide bonds. The minimum atomic E-state index is -0.371. The van der Waals surface area contributed by atoms with Crippen LogP contribution in [0.15, 0.2) is 12.7 Å². The number of aliphatic hydroxyl groups excluding tert-OH is 1. The summed E-state index contributed by atoms with van der Waals surface area (Å²) < 4.78 is 1.66. The van der Waals surface area contributed by atoms with E-state index in [-0.39, 0.29) is 6.10 Å². The Balaban J connectivity index is 1.74. The van der Waals surface area contributed by atoms with E-state index in [1.807, 2.05) is 0 Å². The van der Waals surface area contributed by atoms with Crippen LogP contribution in [0.5, 0.6) is 0 Å². The molecule has 1 aliphatic heterocycles. The third-order valence-corrected chi connectivity index (χ3v) is 2.54. The van der Waals surface area contributed by atoms with Gasteiger partial charge < -0.3 is 10.4 Å². The number of β-amino-alcohol motifs (C(OH)–C–C–N with tert-alkyl or cyclic N) is 1. The summed E-state index contributed by atoms with van der Waals surface area (Å²) in [7, 11) is 0. The summed E-state index contributed by atoms with van der Waals surface area (Å²) in [6.07, 6.45) is 2.74. The van der Waals surface area contributed by atoms with Gasteiger partial charge in [-0.25, -0.2) is 4.98 Å². The second-order valence-corrected chi connectivity index (χ2v) is 3.82. The van der Waals surface area contributed by atoms with Crippen molar-refractivity contribution in [3.8, 4) is 0 Å². The van der Waals surface area contributed by atoms with Crippen LogP contribution >= 0.6 is 0 Å². The molecule has 0 aromatic carbocycles. The van der Waals surface area contributed by atoms with Crippen molar-refractivity contribution in [1.82, 2.24) is 25.0 Å². The summed E-state index contributed by atoms with van der Waals surface area (Å²) in [5.74, 6) is 0. The average molecular weight is 211 g/mol. The van der Waals surface area contributed by atoms with Crippen LogP contribution in [0, 0.1) is 0 Å². The molecule has 0 bridgehead atoms. The van der Waals surface area contributed by atoms with E-state index in [4.69, 9.17) is 0 Å². The first-order valence-electron chi connectivity index (χ1n) is 5.28. The van der Waals surface area contributed by atoms with Crippen molar-refractivity contribution >= 4 is 0 Å².